The number of hydrogen-bond donors (Lipinski definition) is 0. The highest BCUT2D eigenvalue weighted by molar-refractivity contribution is 5.73. The van der Waals surface area contributed by atoms with E-state index in [4.69, 9.17) is 13.7 Å². The van der Waals surface area contributed by atoms with Crippen molar-refractivity contribution >= 4 is 11.7 Å². The normalized spacial score (nSPS) is 12.0. The van der Waals surface area contributed by atoms with E-state index < -0.39 is 17.0 Å². The van der Waals surface area contributed by atoms with E-state index in [2.05, 4.69) is 15.4 Å². The van der Waals surface area contributed by atoms with Crippen molar-refractivity contribution in [3.8, 4) is 11.5 Å². The van der Waals surface area contributed by atoms with Crippen LogP contribution >= 0.6 is 0 Å². The van der Waals surface area contributed by atoms with E-state index in [1.807, 2.05) is 0 Å². The van der Waals surface area contributed by atoms with Gasteiger partial charge < -0.3 is 13.7 Å². The van der Waals surface area contributed by atoms with Crippen LogP contribution in [0.5, 0.6) is 0 Å². The zero-order valence-corrected chi connectivity index (χ0v) is 14.8. The fraction of sp³-hybridized carbons (Fsp3) is 0.294. The van der Waals surface area contributed by atoms with Gasteiger partial charge in [0.05, 0.1) is 17.0 Å². The number of esters is 1. The van der Waals surface area contributed by atoms with Gasteiger partial charge in [-0.25, -0.2) is 0 Å². The van der Waals surface area contributed by atoms with E-state index in [1.54, 1.807) is 20.8 Å². The van der Waals surface area contributed by atoms with Crippen LogP contribution in [-0.2, 0) is 16.0 Å². The summed E-state index contributed by atoms with van der Waals surface area (Å²) < 4.78 is 15.9. The summed E-state index contributed by atoms with van der Waals surface area (Å²) in [6.07, 6.45) is -0.730. The van der Waals surface area contributed by atoms with E-state index in [0.717, 1.165) is 0 Å². The molecule has 3 rings (SSSR count). The van der Waals surface area contributed by atoms with Crippen LogP contribution in [0.3, 0.4) is 0 Å². The zero-order chi connectivity index (χ0) is 19.6. The summed E-state index contributed by atoms with van der Waals surface area (Å²) in [7, 11) is 0. The van der Waals surface area contributed by atoms with Gasteiger partial charge in [0.25, 0.3) is 11.6 Å². The Labute approximate surface area is 153 Å². The van der Waals surface area contributed by atoms with E-state index in [9.17, 15) is 14.9 Å². The average molecular weight is 372 g/mol. The van der Waals surface area contributed by atoms with Gasteiger partial charge in [0.1, 0.15) is 5.76 Å². The standard InChI is InChI=1S/C17H16N4O6/c1-9-14(10(2)27-20-9)8-15(22)25-11(3)16-18-19-17(26-16)12-4-6-13(7-5-12)21(23)24/h4-7,11H,8H2,1-3H3/t11-/m1/s1. The Morgan fingerprint density at radius 2 is 1.96 bits per heavy atom. The molecule has 10 heteroatoms. The Balaban J connectivity index is 1.66. The van der Waals surface area contributed by atoms with Crippen LogP contribution in [0.4, 0.5) is 5.69 Å². The van der Waals surface area contributed by atoms with Gasteiger partial charge >= 0.3 is 5.97 Å². The molecule has 3 aromatic rings. The fourth-order valence-electron chi connectivity index (χ4n) is 2.43. The van der Waals surface area contributed by atoms with Gasteiger partial charge in [0, 0.05) is 23.3 Å². The van der Waals surface area contributed by atoms with Crippen molar-refractivity contribution in [2.24, 2.45) is 0 Å². The van der Waals surface area contributed by atoms with Crippen molar-refractivity contribution in [3.05, 3.63) is 57.3 Å². The molecule has 1 aromatic carbocycles. The lowest BCUT2D eigenvalue weighted by molar-refractivity contribution is -0.384. The van der Waals surface area contributed by atoms with Gasteiger partial charge in [-0.15, -0.1) is 10.2 Å². The molecule has 0 radical (unpaired) electrons. The molecule has 0 spiro atoms. The molecule has 0 aliphatic carbocycles. The molecule has 0 N–H and O–H groups in total. The molecule has 0 unspecified atom stereocenters. The SMILES string of the molecule is Cc1noc(C)c1CC(=O)O[C@H](C)c1nnc(-c2ccc([N+](=O)[O-])cc2)o1. The van der Waals surface area contributed by atoms with Gasteiger partial charge in [-0.2, -0.15) is 0 Å². The number of nitro groups is 1. The summed E-state index contributed by atoms with van der Waals surface area (Å²) in [5, 5.41) is 22.3. The maximum atomic E-state index is 12.1. The monoisotopic (exact) mass is 372 g/mol. The van der Waals surface area contributed by atoms with Crippen molar-refractivity contribution in [1.29, 1.82) is 0 Å². The molecule has 10 nitrogen and oxygen atoms in total. The first-order valence-corrected chi connectivity index (χ1v) is 8.04. The minimum atomic E-state index is -0.753. The van der Waals surface area contributed by atoms with Gasteiger partial charge in [-0.05, 0) is 32.9 Å². The number of nitro benzene ring substituents is 1. The topological polar surface area (TPSA) is 134 Å². The Bertz CT molecular complexity index is 956. The maximum absolute atomic E-state index is 12.1. The van der Waals surface area contributed by atoms with E-state index >= 15 is 0 Å². The van der Waals surface area contributed by atoms with Crippen LogP contribution in [0.1, 0.15) is 35.9 Å². The van der Waals surface area contributed by atoms with E-state index in [1.165, 1.54) is 24.3 Å². The fourth-order valence-corrected chi connectivity index (χ4v) is 2.43. The van der Waals surface area contributed by atoms with Gasteiger partial charge in [-0.1, -0.05) is 5.16 Å². The molecule has 2 heterocycles. The number of benzene rings is 1. The third-order valence-corrected chi connectivity index (χ3v) is 3.92. The van der Waals surface area contributed by atoms with E-state index in [0.29, 0.717) is 22.6 Å². The summed E-state index contributed by atoms with van der Waals surface area (Å²) in [5.41, 5.74) is 1.80. The molecule has 0 aliphatic heterocycles. The Morgan fingerprint density at radius 1 is 1.26 bits per heavy atom. The summed E-state index contributed by atoms with van der Waals surface area (Å²) >= 11 is 0. The van der Waals surface area contributed by atoms with Crippen molar-refractivity contribution in [2.45, 2.75) is 33.3 Å². The summed E-state index contributed by atoms with van der Waals surface area (Å²) in [4.78, 5) is 22.3. The van der Waals surface area contributed by atoms with Crippen LogP contribution in [0.15, 0.2) is 33.2 Å². The second kappa shape index (κ2) is 7.36. The van der Waals surface area contributed by atoms with Gasteiger partial charge in [-0.3, -0.25) is 14.9 Å². The average Bonchev–Trinajstić information content (AvgIpc) is 3.24. The Hall–Kier alpha value is -3.56. The molecule has 140 valence electrons. The van der Waals surface area contributed by atoms with E-state index in [-0.39, 0.29) is 23.9 Å². The summed E-state index contributed by atoms with van der Waals surface area (Å²) in [6, 6.07) is 5.69. The zero-order valence-electron chi connectivity index (χ0n) is 14.8. The first kappa shape index (κ1) is 18.2. The van der Waals surface area contributed by atoms with Crippen LogP contribution < -0.4 is 0 Å². The van der Waals surface area contributed by atoms with Gasteiger partial charge in [0.2, 0.25) is 5.89 Å². The predicted octanol–water partition coefficient (Wildman–Crippen LogP) is 3.10. The lowest BCUT2D eigenvalue weighted by Crippen LogP contribution is -2.12. The number of non-ortho nitro benzene ring substituents is 1. The molecular weight excluding hydrogens is 356 g/mol. The number of hydrogen-bond acceptors (Lipinski definition) is 9. The lowest BCUT2D eigenvalue weighted by atomic mass is 10.1. The lowest BCUT2D eigenvalue weighted by Gasteiger charge is -2.09. The Kier molecular flexibility index (Phi) is 4.97. The molecule has 0 amide bonds. The third-order valence-electron chi connectivity index (χ3n) is 3.92. The third kappa shape index (κ3) is 4.00. The molecule has 0 aliphatic rings. The predicted molar refractivity (Wildman–Crippen MR) is 90.6 cm³/mol. The molecular formula is C17H16N4O6. The quantitative estimate of drug-likeness (QED) is 0.363. The molecule has 27 heavy (non-hydrogen) atoms. The second-order valence-electron chi connectivity index (χ2n) is 5.86. The smallest absolute Gasteiger partial charge is 0.311 e. The van der Waals surface area contributed by atoms with Crippen LogP contribution in [0.2, 0.25) is 0 Å². The highest BCUT2D eigenvalue weighted by Crippen LogP contribution is 2.24. The van der Waals surface area contributed by atoms with Crippen LogP contribution in [0.25, 0.3) is 11.5 Å². The number of carbonyl (C=O) groups excluding carboxylic acids is 1. The number of ether oxygens (including phenoxy) is 1. The number of nitrogens with zero attached hydrogens (tertiary/aromatic N) is 4. The van der Waals surface area contributed by atoms with Crippen LogP contribution in [-0.4, -0.2) is 26.2 Å². The molecule has 2 aromatic heterocycles. The van der Waals surface area contributed by atoms with Gasteiger partial charge in [0.15, 0.2) is 6.10 Å². The number of carbonyl (C=O) groups is 1. The van der Waals surface area contributed by atoms with Crippen molar-refractivity contribution in [2.75, 3.05) is 0 Å². The first-order chi connectivity index (χ1) is 12.8. The highest BCUT2D eigenvalue weighted by atomic mass is 16.6. The van der Waals surface area contributed by atoms with Crippen molar-refractivity contribution < 1.29 is 23.4 Å². The largest absolute Gasteiger partial charge is 0.452 e. The summed E-state index contributed by atoms with van der Waals surface area (Å²) in [6.45, 7) is 5.08. The Morgan fingerprint density at radius 3 is 2.56 bits per heavy atom. The minimum Gasteiger partial charge on any atom is -0.452 e. The molecule has 0 saturated carbocycles. The maximum Gasteiger partial charge on any atom is 0.311 e. The summed E-state index contributed by atoms with van der Waals surface area (Å²) in [5.74, 6) is 0.381. The highest BCUT2D eigenvalue weighted by Gasteiger charge is 2.21. The molecule has 1 atom stereocenters. The molecule has 0 bridgehead atoms. The number of rotatable bonds is 6. The number of aromatic nitrogens is 3. The first-order valence-electron chi connectivity index (χ1n) is 8.04. The second-order valence-corrected chi connectivity index (χ2v) is 5.86. The minimum absolute atomic E-state index is 0.0227. The number of aryl methyl sites for hydroxylation is 2. The van der Waals surface area contributed by atoms with Crippen LogP contribution in [0, 0.1) is 24.0 Å². The van der Waals surface area contributed by atoms with Crippen molar-refractivity contribution in [1.82, 2.24) is 15.4 Å². The molecule has 0 fully saturated rings. The van der Waals surface area contributed by atoms with Crippen molar-refractivity contribution in [3.63, 3.8) is 0 Å². The molecule has 0 saturated heterocycles.